The van der Waals surface area contributed by atoms with Crippen molar-refractivity contribution in [2.45, 2.75) is 33.1 Å². The molecule has 1 aromatic heterocycles. The van der Waals surface area contributed by atoms with E-state index in [1.165, 1.54) is 12.5 Å². The summed E-state index contributed by atoms with van der Waals surface area (Å²) in [6.45, 7) is 5.56. The fourth-order valence-corrected chi connectivity index (χ4v) is 3.58. The van der Waals surface area contributed by atoms with Crippen LogP contribution in [0.2, 0.25) is 5.02 Å². The van der Waals surface area contributed by atoms with E-state index < -0.39 is 0 Å². The van der Waals surface area contributed by atoms with Crippen molar-refractivity contribution in [3.05, 3.63) is 70.7 Å². The van der Waals surface area contributed by atoms with Gasteiger partial charge in [0.15, 0.2) is 5.82 Å². The molecule has 0 spiro atoms. The second-order valence-electron chi connectivity index (χ2n) is 8.36. The van der Waals surface area contributed by atoms with Gasteiger partial charge in [-0.05, 0) is 54.8 Å². The van der Waals surface area contributed by atoms with Gasteiger partial charge in [0, 0.05) is 55.3 Å². The van der Waals surface area contributed by atoms with Crippen LogP contribution in [0.5, 0.6) is 0 Å². The fourth-order valence-electron chi connectivity index (χ4n) is 3.46. The summed E-state index contributed by atoms with van der Waals surface area (Å²) >= 11 is 6.02. The van der Waals surface area contributed by atoms with Crippen molar-refractivity contribution in [3.63, 3.8) is 0 Å². The molecule has 4 N–H and O–H groups in total. The highest BCUT2D eigenvalue weighted by Crippen LogP contribution is 2.22. The number of aromatic nitrogens is 2. The number of nitrogens with one attached hydrogen (secondary N) is 4. The molecule has 0 bridgehead atoms. The lowest BCUT2D eigenvalue weighted by molar-refractivity contribution is -0.118. The van der Waals surface area contributed by atoms with E-state index in [-0.39, 0.29) is 11.8 Å². The largest absolute Gasteiger partial charge is 0.368 e. The Morgan fingerprint density at radius 3 is 2.03 bits per heavy atom. The number of carbonyl (C=O) groups excluding carboxylic acids is 2. The number of halogens is 1. The third-order valence-corrected chi connectivity index (χ3v) is 5.64. The van der Waals surface area contributed by atoms with Crippen molar-refractivity contribution in [2.75, 3.05) is 36.8 Å². The molecule has 36 heavy (non-hydrogen) atoms. The van der Waals surface area contributed by atoms with E-state index in [2.05, 4.69) is 38.2 Å². The Hall–Kier alpha value is -3.65. The van der Waals surface area contributed by atoms with Gasteiger partial charge in [-0.25, -0.2) is 9.97 Å². The van der Waals surface area contributed by atoms with E-state index in [0.29, 0.717) is 54.2 Å². The Bertz CT molecular complexity index is 1140. The predicted molar refractivity (Wildman–Crippen MR) is 146 cm³/mol. The van der Waals surface area contributed by atoms with Crippen LogP contribution in [0.4, 0.5) is 11.6 Å². The number of unbranched alkanes of at least 4 members (excludes halogenated alkanes) is 1. The molecular formula is C27H33ClN6O2. The van der Waals surface area contributed by atoms with Crippen LogP contribution in [0.25, 0.3) is 11.4 Å². The first kappa shape index (κ1) is 26.9. The lowest BCUT2D eigenvalue weighted by Gasteiger charge is -2.12. The minimum absolute atomic E-state index is 0.0850. The number of aryl methyl sites for hydroxylation is 1. The average Bonchev–Trinajstić information content (AvgIpc) is 2.88. The predicted octanol–water partition coefficient (Wildman–Crippen LogP) is 4.53. The first-order chi connectivity index (χ1) is 17.4. The Morgan fingerprint density at radius 2 is 1.44 bits per heavy atom. The van der Waals surface area contributed by atoms with Gasteiger partial charge in [0.25, 0.3) is 5.91 Å². The minimum atomic E-state index is -0.108. The zero-order chi connectivity index (χ0) is 25.8. The van der Waals surface area contributed by atoms with Crippen molar-refractivity contribution in [2.24, 2.45) is 0 Å². The monoisotopic (exact) mass is 508 g/mol. The molecule has 3 rings (SSSR count). The molecule has 0 radical (unpaired) electrons. The molecule has 0 saturated carbocycles. The summed E-state index contributed by atoms with van der Waals surface area (Å²) in [5.41, 5.74) is 2.72. The van der Waals surface area contributed by atoms with Gasteiger partial charge in [-0.2, -0.15) is 0 Å². The van der Waals surface area contributed by atoms with E-state index in [9.17, 15) is 9.59 Å². The van der Waals surface area contributed by atoms with Crippen LogP contribution >= 0.6 is 11.6 Å². The van der Waals surface area contributed by atoms with Crippen LogP contribution in [-0.4, -0.2) is 48.0 Å². The van der Waals surface area contributed by atoms with Crippen molar-refractivity contribution in [3.8, 4) is 11.4 Å². The lowest BCUT2D eigenvalue weighted by Crippen LogP contribution is -2.29. The normalized spacial score (nSPS) is 10.5. The molecule has 1 heterocycles. The number of carbonyl (C=O) groups is 2. The van der Waals surface area contributed by atoms with Crippen LogP contribution in [0, 0.1) is 0 Å². The Kier molecular flexibility index (Phi) is 10.5. The Labute approximate surface area is 217 Å². The molecule has 0 fully saturated rings. The zero-order valence-electron chi connectivity index (χ0n) is 20.7. The maximum absolute atomic E-state index is 12.5. The van der Waals surface area contributed by atoms with Gasteiger partial charge in [0.2, 0.25) is 5.91 Å². The second-order valence-corrected chi connectivity index (χ2v) is 8.80. The molecule has 0 aliphatic carbocycles. The smallest absolute Gasteiger partial charge is 0.251 e. The van der Waals surface area contributed by atoms with Crippen LogP contribution in [0.15, 0.2) is 54.6 Å². The van der Waals surface area contributed by atoms with E-state index in [0.717, 1.165) is 24.8 Å². The van der Waals surface area contributed by atoms with Crippen LogP contribution in [-0.2, 0) is 11.2 Å². The molecule has 190 valence electrons. The van der Waals surface area contributed by atoms with Crippen LogP contribution in [0.1, 0.15) is 42.6 Å². The number of hydrogen-bond acceptors (Lipinski definition) is 6. The number of hydrogen-bond donors (Lipinski definition) is 4. The van der Waals surface area contributed by atoms with Gasteiger partial charge < -0.3 is 21.3 Å². The Balaban J connectivity index is 1.58. The minimum Gasteiger partial charge on any atom is -0.368 e. The van der Waals surface area contributed by atoms with Gasteiger partial charge in [-0.15, -0.1) is 0 Å². The lowest BCUT2D eigenvalue weighted by atomic mass is 10.1. The Morgan fingerprint density at radius 1 is 0.833 bits per heavy atom. The number of anilines is 2. The van der Waals surface area contributed by atoms with E-state index in [1.54, 1.807) is 18.2 Å². The first-order valence-electron chi connectivity index (χ1n) is 12.2. The van der Waals surface area contributed by atoms with Gasteiger partial charge >= 0.3 is 0 Å². The van der Waals surface area contributed by atoms with E-state index in [1.807, 2.05) is 36.4 Å². The topological polar surface area (TPSA) is 108 Å². The summed E-state index contributed by atoms with van der Waals surface area (Å²) in [6.07, 6.45) is 3.33. The summed E-state index contributed by atoms with van der Waals surface area (Å²) in [7, 11) is 0. The molecule has 0 aliphatic rings. The van der Waals surface area contributed by atoms with Gasteiger partial charge in [-0.3, -0.25) is 9.59 Å². The SMILES string of the molecule is CCCCc1ccc(C(=O)NCCNc2cc(NCCNC(C)=O)nc(-c3ccc(Cl)cc3)n2)cc1. The molecule has 8 nitrogen and oxygen atoms in total. The second kappa shape index (κ2) is 14.0. The van der Waals surface area contributed by atoms with Crippen molar-refractivity contribution >= 4 is 35.1 Å². The van der Waals surface area contributed by atoms with Crippen LogP contribution in [0.3, 0.4) is 0 Å². The molecule has 0 atom stereocenters. The van der Waals surface area contributed by atoms with Gasteiger partial charge in [-0.1, -0.05) is 37.1 Å². The number of amides is 2. The van der Waals surface area contributed by atoms with E-state index in [4.69, 9.17) is 11.6 Å². The van der Waals surface area contributed by atoms with Gasteiger partial charge in [0.1, 0.15) is 11.6 Å². The number of nitrogens with zero attached hydrogens (tertiary/aromatic N) is 2. The summed E-state index contributed by atoms with van der Waals surface area (Å²) in [5, 5.41) is 12.8. The fraction of sp³-hybridized carbons (Fsp3) is 0.333. The molecule has 3 aromatic rings. The maximum Gasteiger partial charge on any atom is 0.251 e. The third-order valence-electron chi connectivity index (χ3n) is 5.39. The maximum atomic E-state index is 12.5. The van der Waals surface area contributed by atoms with Gasteiger partial charge in [0.05, 0.1) is 0 Å². The van der Waals surface area contributed by atoms with Crippen molar-refractivity contribution in [1.29, 1.82) is 0 Å². The van der Waals surface area contributed by atoms with Crippen LogP contribution < -0.4 is 21.3 Å². The highest BCUT2D eigenvalue weighted by Gasteiger charge is 2.09. The zero-order valence-corrected chi connectivity index (χ0v) is 21.5. The summed E-state index contributed by atoms with van der Waals surface area (Å²) < 4.78 is 0. The average molecular weight is 509 g/mol. The molecule has 9 heteroatoms. The standard InChI is InChI=1S/C27H33ClN6O2/c1-3-4-5-20-6-8-22(9-7-20)27(36)32-17-16-31-25-18-24(30-15-14-29-19(2)35)33-26(34-25)21-10-12-23(28)13-11-21/h6-13,18H,3-5,14-17H2,1-2H3,(H,29,35)(H,32,36)(H2,30,31,33,34). The quantitative estimate of drug-likeness (QED) is 0.253. The van der Waals surface area contributed by atoms with Crippen molar-refractivity contribution < 1.29 is 9.59 Å². The molecule has 2 amide bonds. The third kappa shape index (κ3) is 8.85. The van der Waals surface area contributed by atoms with Crippen molar-refractivity contribution in [1.82, 2.24) is 20.6 Å². The highest BCUT2D eigenvalue weighted by molar-refractivity contribution is 6.30. The van der Waals surface area contributed by atoms with E-state index >= 15 is 0 Å². The summed E-state index contributed by atoms with van der Waals surface area (Å²) in [4.78, 5) is 32.8. The highest BCUT2D eigenvalue weighted by atomic mass is 35.5. The molecule has 0 saturated heterocycles. The molecule has 2 aromatic carbocycles. The molecule has 0 aliphatic heterocycles. The molecule has 0 unspecified atom stereocenters. The number of rotatable bonds is 13. The summed E-state index contributed by atoms with van der Waals surface area (Å²) in [6, 6.07) is 16.9. The molecular weight excluding hydrogens is 476 g/mol. The summed E-state index contributed by atoms with van der Waals surface area (Å²) in [5.74, 6) is 1.58. The first-order valence-corrected chi connectivity index (χ1v) is 12.6. The number of benzene rings is 2.